The molecule has 1 atom stereocenters. The number of rotatable bonds is 30. The van der Waals surface area contributed by atoms with Crippen LogP contribution < -0.4 is 16.0 Å². The van der Waals surface area contributed by atoms with Crippen molar-refractivity contribution >= 4 is 52.8 Å². The van der Waals surface area contributed by atoms with Crippen LogP contribution in [0.1, 0.15) is 18.9 Å². The minimum absolute atomic E-state index is 0.0300. The number of hydrogen-bond donors (Lipinski definition) is 7. The quantitative estimate of drug-likeness (QED) is 0.0363. The first-order valence-corrected chi connectivity index (χ1v) is 20.8. The number of carboxylic acids is 4. The highest BCUT2D eigenvalue weighted by molar-refractivity contribution is 7.80. The molecule has 1 aliphatic heterocycles. The van der Waals surface area contributed by atoms with Gasteiger partial charge in [-0.15, -0.1) is 0 Å². The fourth-order valence-electron chi connectivity index (χ4n) is 6.20. The van der Waals surface area contributed by atoms with Gasteiger partial charge >= 0.3 is 23.9 Å². The van der Waals surface area contributed by atoms with Gasteiger partial charge in [-0.2, -0.15) is 0 Å². The lowest BCUT2D eigenvalue weighted by Gasteiger charge is -2.37. The second-order valence-corrected chi connectivity index (χ2v) is 14.4. The first-order valence-electron chi connectivity index (χ1n) is 20.4. The summed E-state index contributed by atoms with van der Waals surface area (Å²) in [6.07, 6.45) is 0.687. The number of nitrogens with one attached hydrogen (secondary N) is 3. The molecule has 7 N–H and O–H groups in total. The number of benzene rings is 1. The number of carboxylic acid groups (broad SMARTS) is 4. The smallest absolute Gasteiger partial charge is 0.317 e. The van der Waals surface area contributed by atoms with E-state index in [9.17, 15) is 44.4 Å². The van der Waals surface area contributed by atoms with Gasteiger partial charge in [0, 0.05) is 77.1 Å². The van der Waals surface area contributed by atoms with E-state index < -0.39 is 29.9 Å². The summed E-state index contributed by atoms with van der Waals surface area (Å²) >= 11 is 5.43. The third-order valence-corrected chi connectivity index (χ3v) is 9.37. The van der Waals surface area contributed by atoms with Crippen molar-refractivity contribution in [3.8, 4) is 0 Å². The molecule has 1 aromatic rings. The van der Waals surface area contributed by atoms with Crippen LogP contribution in [0.5, 0.6) is 0 Å². The highest BCUT2D eigenvalue weighted by Gasteiger charge is 2.27. The van der Waals surface area contributed by atoms with Gasteiger partial charge in [0.1, 0.15) is 0 Å². The Morgan fingerprint density at radius 3 is 1.54 bits per heavy atom. The van der Waals surface area contributed by atoms with E-state index in [0.29, 0.717) is 103 Å². The molecule has 0 spiro atoms. The zero-order valence-electron chi connectivity index (χ0n) is 35.1. The molecule has 0 aromatic heterocycles. The summed E-state index contributed by atoms with van der Waals surface area (Å²) in [4.78, 5) is 65.1. The monoisotopic (exact) mass is 887 g/mol. The Morgan fingerprint density at radius 1 is 0.607 bits per heavy atom. The molecule has 1 amide bonds. The molecule has 1 heterocycles. The standard InChI is InChI=1S/C39H65N7O14S/c1-2-40-34(47)7-15-56-17-19-58-21-23-60-24-22-59-20-18-57-16-8-41-39(61)42-32-5-3-31(4-6-32)25-33-26-45(29-37(52)53)12-11-43(27-35(48)49)9-10-44(28-36(50)51)13-14-46(33)30-38(54)55/h3-6,33H,2,7-30H2,1H3,(H,40,47)(H,48,49)(H,50,51)(H,52,53)(H,54,55)(H2,41,42,61). The van der Waals surface area contributed by atoms with E-state index in [-0.39, 0.29) is 77.9 Å². The predicted octanol–water partition coefficient (Wildman–Crippen LogP) is -0.947. The van der Waals surface area contributed by atoms with Crippen molar-refractivity contribution in [1.29, 1.82) is 0 Å². The average molecular weight is 888 g/mol. The van der Waals surface area contributed by atoms with Crippen molar-refractivity contribution in [3.63, 3.8) is 0 Å². The van der Waals surface area contributed by atoms with Gasteiger partial charge in [-0.3, -0.25) is 43.6 Å². The number of nitrogens with zero attached hydrogens (tertiary/aromatic N) is 4. The Labute approximate surface area is 362 Å². The lowest BCUT2D eigenvalue weighted by molar-refractivity contribution is -0.142. The van der Waals surface area contributed by atoms with Crippen LogP contribution in [0.25, 0.3) is 0 Å². The van der Waals surface area contributed by atoms with E-state index in [2.05, 4.69) is 16.0 Å². The van der Waals surface area contributed by atoms with Crippen molar-refractivity contribution in [2.45, 2.75) is 25.8 Å². The van der Waals surface area contributed by atoms with Gasteiger partial charge in [0.25, 0.3) is 0 Å². The Morgan fingerprint density at radius 2 is 1.05 bits per heavy atom. The molecule has 0 aliphatic carbocycles. The van der Waals surface area contributed by atoms with Crippen molar-refractivity contribution in [1.82, 2.24) is 30.2 Å². The summed E-state index contributed by atoms with van der Waals surface area (Å²) in [5.41, 5.74) is 1.56. The number of carbonyl (C=O) groups is 5. The van der Waals surface area contributed by atoms with E-state index in [4.69, 9.17) is 35.9 Å². The molecule has 1 saturated heterocycles. The van der Waals surface area contributed by atoms with Crippen LogP contribution in [-0.2, 0) is 54.1 Å². The third kappa shape index (κ3) is 27.5. The number of anilines is 1. The molecular weight excluding hydrogens is 823 g/mol. The molecule has 1 fully saturated rings. The Bertz CT molecular complexity index is 1450. The lowest BCUT2D eigenvalue weighted by Crippen LogP contribution is -2.53. The number of aliphatic carboxylic acids is 4. The predicted molar refractivity (Wildman–Crippen MR) is 227 cm³/mol. The molecule has 0 radical (unpaired) electrons. The van der Waals surface area contributed by atoms with Crippen LogP contribution in [0.4, 0.5) is 5.69 Å². The van der Waals surface area contributed by atoms with Gasteiger partial charge in [0.2, 0.25) is 5.91 Å². The minimum Gasteiger partial charge on any atom is -0.480 e. The maximum absolute atomic E-state index is 12.0. The zero-order chi connectivity index (χ0) is 44.7. The van der Waals surface area contributed by atoms with Gasteiger partial charge < -0.3 is 60.1 Å². The fourth-order valence-corrected chi connectivity index (χ4v) is 6.42. The van der Waals surface area contributed by atoms with E-state index in [1.807, 2.05) is 31.2 Å². The third-order valence-electron chi connectivity index (χ3n) is 9.12. The first kappa shape index (κ1) is 53.0. The van der Waals surface area contributed by atoms with Gasteiger partial charge in [-0.1, -0.05) is 12.1 Å². The fraction of sp³-hybridized carbons (Fsp3) is 0.692. The molecule has 2 rings (SSSR count). The maximum Gasteiger partial charge on any atom is 0.317 e. The van der Waals surface area contributed by atoms with Crippen LogP contribution in [0.2, 0.25) is 0 Å². The van der Waals surface area contributed by atoms with E-state index in [1.54, 1.807) is 19.6 Å². The Balaban J connectivity index is 1.78. The molecule has 1 unspecified atom stereocenters. The Kier molecular flexibility index (Phi) is 28.3. The second kappa shape index (κ2) is 32.6. The van der Waals surface area contributed by atoms with Gasteiger partial charge in [-0.25, -0.2) is 0 Å². The SMILES string of the molecule is CCNC(=O)CCOCCOCCOCCOCCOCCNC(=S)Nc1ccc(CC2CN(CC(=O)O)CCN(CC(=O)O)CCN(CC(=O)O)CCN2CC(=O)O)cc1. The Hall–Kier alpha value is -4.10. The van der Waals surface area contributed by atoms with Crippen LogP contribution in [0, 0.1) is 0 Å². The summed E-state index contributed by atoms with van der Waals surface area (Å²) in [6.45, 7) is 7.24. The highest BCUT2D eigenvalue weighted by Crippen LogP contribution is 2.16. The van der Waals surface area contributed by atoms with Crippen LogP contribution in [0.3, 0.4) is 0 Å². The summed E-state index contributed by atoms with van der Waals surface area (Å²) in [5.74, 6) is -4.30. The van der Waals surface area contributed by atoms with E-state index >= 15 is 0 Å². The maximum atomic E-state index is 12.0. The first-order chi connectivity index (χ1) is 29.3. The topological polar surface area (TPSA) is 261 Å². The van der Waals surface area contributed by atoms with Crippen LogP contribution in [0.15, 0.2) is 24.3 Å². The van der Waals surface area contributed by atoms with Crippen molar-refractivity contribution in [2.75, 3.05) is 156 Å². The summed E-state index contributed by atoms with van der Waals surface area (Å²) in [5, 5.41) is 47.8. The van der Waals surface area contributed by atoms with Crippen molar-refractivity contribution < 1.29 is 68.1 Å². The number of ether oxygens (including phenoxy) is 5. The number of hydrogen-bond acceptors (Lipinski definition) is 15. The van der Waals surface area contributed by atoms with Crippen LogP contribution >= 0.6 is 12.2 Å². The van der Waals surface area contributed by atoms with Crippen molar-refractivity contribution in [2.24, 2.45) is 0 Å². The normalized spacial score (nSPS) is 16.2. The summed E-state index contributed by atoms with van der Waals surface area (Å²) in [6, 6.07) is 6.91. The molecule has 1 aliphatic rings. The molecule has 0 saturated carbocycles. The van der Waals surface area contributed by atoms with Gasteiger partial charge in [-0.05, 0) is 43.3 Å². The van der Waals surface area contributed by atoms with E-state index in [1.165, 1.54) is 0 Å². The van der Waals surface area contributed by atoms with E-state index in [0.717, 1.165) is 5.56 Å². The number of thiocarbonyl (C=S) groups is 1. The average Bonchev–Trinajstić information content (AvgIpc) is 3.19. The molecular formula is C39H65N7O14S. The lowest BCUT2D eigenvalue weighted by atomic mass is 10.0. The number of amides is 1. The second-order valence-electron chi connectivity index (χ2n) is 14.0. The molecule has 21 nitrogen and oxygen atoms in total. The minimum atomic E-state index is -1.08. The summed E-state index contributed by atoms with van der Waals surface area (Å²) in [7, 11) is 0. The highest BCUT2D eigenvalue weighted by atomic mass is 32.1. The molecule has 346 valence electrons. The molecule has 1 aromatic carbocycles. The zero-order valence-corrected chi connectivity index (χ0v) is 35.9. The van der Waals surface area contributed by atoms with Gasteiger partial charge in [0.05, 0.1) is 92.2 Å². The largest absolute Gasteiger partial charge is 0.480 e. The summed E-state index contributed by atoms with van der Waals surface area (Å²) < 4.78 is 27.4. The van der Waals surface area contributed by atoms with Crippen LogP contribution in [-0.4, -0.2) is 232 Å². The molecule has 61 heavy (non-hydrogen) atoms. The molecule has 22 heteroatoms. The molecule has 0 bridgehead atoms. The van der Waals surface area contributed by atoms with Crippen molar-refractivity contribution in [3.05, 3.63) is 29.8 Å². The van der Waals surface area contributed by atoms with Gasteiger partial charge in [0.15, 0.2) is 5.11 Å². The number of carbonyl (C=O) groups excluding carboxylic acids is 1.